The first-order valence-corrected chi connectivity index (χ1v) is 23.2. The van der Waals surface area contributed by atoms with Gasteiger partial charge in [0.1, 0.15) is 22.9 Å². The van der Waals surface area contributed by atoms with Crippen molar-refractivity contribution in [3.8, 4) is 17.2 Å². The minimum atomic E-state index is -2.87. The maximum atomic E-state index is 15.5. The molecule has 2 N–H and O–H groups in total. The molecule has 11 rings (SSSR count). The van der Waals surface area contributed by atoms with E-state index < -0.39 is 32.8 Å². The average Bonchev–Trinajstić information content (AvgIpc) is 3.87. The highest BCUT2D eigenvalue weighted by Gasteiger charge is 2.59. The fourth-order valence-corrected chi connectivity index (χ4v) is 12.1. The molecule has 3 aliphatic heterocycles. The third kappa shape index (κ3) is 5.99. The van der Waals surface area contributed by atoms with Crippen molar-refractivity contribution in [2.24, 2.45) is 5.92 Å². The van der Waals surface area contributed by atoms with E-state index in [2.05, 4.69) is 35.3 Å². The summed E-state index contributed by atoms with van der Waals surface area (Å²) in [6.45, 7) is 9.11. The van der Waals surface area contributed by atoms with Gasteiger partial charge in [0.05, 0.1) is 37.7 Å². The molecule has 63 heavy (non-hydrogen) atoms. The normalized spacial score (nSPS) is 23.3. The molecule has 1 saturated heterocycles. The molecule has 3 aromatic carbocycles. The predicted octanol–water partition coefficient (Wildman–Crippen LogP) is 6.60. The average molecular weight is 872 g/mol. The lowest BCUT2D eigenvalue weighted by atomic mass is 9.91. The standard InChI is InChI=1S/C46H46FN9O6S/c1-25-19-34(20-26(2)40(25)47)56-41(54-15-14-53(45(54)59)33-6-8-38-31(22-33)12-18-63(38,48)60)39-28(4)52(13-9-35(39)50-56)42(57)37-23-32-21-30(29-10-16-61-17-11-29)5-7-36(32)55(37)46(24-27(46)3)43-49-44(58)62-51-43/h5-8,14-15,19-23,27-29,48H,9-13,16-18,24H2,1-4H3,(H,49,51,58)/t27-,28-,46-,63+/m0/s1. The van der Waals surface area contributed by atoms with Crippen LogP contribution < -0.4 is 11.4 Å². The summed E-state index contributed by atoms with van der Waals surface area (Å²) in [4.78, 5) is 47.6. The second-order valence-electron chi connectivity index (χ2n) is 17.7. The van der Waals surface area contributed by atoms with E-state index in [1.165, 1.54) is 14.7 Å². The van der Waals surface area contributed by atoms with Gasteiger partial charge in [-0.3, -0.25) is 23.4 Å². The van der Waals surface area contributed by atoms with Crippen molar-refractivity contribution in [3.63, 3.8) is 0 Å². The number of aryl methyl sites for hydroxylation is 3. The molecule has 0 unspecified atom stereocenters. The molecule has 2 fully saturated rings. The number of nitrogens with one attached hydrogen (secondary N) is 2. The van der Waals surface area contributed by atoms with Gasteiger partial charge >= 0.3 is 11.4 Å². The summed E-state index contributed by atoms with van der Waals surface area (Å²) in [5, 5.41) is 10.2. The summed E-state index contributed by atoms with van der Waals surface area (Å²) >= 11 is 0. The summed E-state index contributed by atoms with van der Waals surface area (Å²) in [5.74, 6) is 0.158. The number of carbonyl (C=O) groups excluding carboxylic acids is 1. The van der Waals surface area contributed by atoms with Crippen LogP contribution in [-0.4, -0.2) is 74.1 Å². The smallest absolute Gasteiger partial charge is 0.381 e. The zero-order chi connectivity index (χ0) is 43.7. The van der Waals surface area contributed by atoms with Crippen LogP contribution in [0.1, 0.15) is 94.9 Å². The third-order valence-corrected chi connectivity index (χ3v) is 15.9. The van der Waals surface area contributed by atoms with Crippen molar-refractivity contribution in [1.29, 1.82) is 4.78 Å². The van der Waals surface area contributed by atoms with Gasteiger partial charge in [0.25, 0.3) is 5.91 Å². The first kappa shape index (κ1) is 39.5. The van der Waals surface area contributed by atoms with E-state index in [4.69, 9.17) is 19.1 Å². The zero-order valence-electron chi connectivity index (χ0n) is 35.3. The number of ether oxygens (including phenoxy) is 1. The van der Waals surface area contributed by atoms with Crippen molar-refractivity contribution in [3.05, 3.63) is 139 Å². The monoisotopic (exact) mass is 871 g/mol. The lowest BCUT2D eigenvalue weighted by Crippen LogP contribution is -2.41. The summed E-state index contributed by atoms with van der Waals surface area (Å²) in [5.41, 5.74) is 5.37. The van der Waals surface area contributed by atoms with Gasteiger partial charge in [-0.2, -0.15) is 5.10 Å². The van der Waals surface area contributed by atoms with Crippen molar-refractivity contribution in [2.75, 3.05) is 25.5 Å². The molecule has 1 saturated carbocycles. The molecule has 4 aliphatic rings. The quantitative estimate of drug-likeness (QED) is 0.180. The van der Waals surface area contributed by atoms with E-state index in [9.17, 15) is 13.8 Å². The third-order valence-electron chi connectivity index (χ3n) is 14.0. The Morgan fingerprint density at radius 1 is 0.968 bits per heavy atom. The van der Waals surface area contributed by atoms with Gasteiger partial charge in [0.15, 0.2) is 5.82 Å². The van der Waals surface area contributed by atoms with Crippen LogP contribution in [0.4, 0.5) is 4.39 Å². The van der Waals surface area contributed by atoms with Crippen LogP contribution in [0.3, 0.4) is 0 Å². The molecule has 0 spiro atoms. The van der Waals surface area contributed by atoms with E-state index in [0.29, 0.717) is 101 Å². The van der Waals surface area contributed by atoms with Gasteiger partial charge in [0.2, 0.25) is 0 Å². The van der Waals surface area contributed by atoms with Gasteiger partial charge < -0.3 is 14.2 Å². The Morgan fingerprint density at radius 2 is 1.71 bits per heavy atom. The summed E-state index contributed by atoms with van der Waals surface area (Å²) in [7, 11) is -2.87. The van der Waals surface area contributed by atoms with Gasteiger partial charge in [-0.05, 0) is 129 Å². The lowest BCUT2D eigenvalue weighted by molar-refractivity contribution is 0.0663. The number of aromatic amines is 1. The Balaban J connectivity index is 1.05. The van der Waals surface area contributed by atoms with Crippen LogP contribution in [0.2, 0.25) is 0 Å². The molecule has 7 heterocycles. The van der Waals surface area contributed by atoms with E-state index in [1.807, 2.05) is 28.5 Å². The first-order chi connectivity index (χ1) is 30.2. The number of amides is 1. The minimum Gasteiger partial charge on any atom is -0.381 e. The van der Waals surface area contributed by atoms with Crippen LogP contribution in [0.25, 0.3) is 28.1 Å². The Labute approximate surface area is 361 Å². The largest absolute Gasteiger partial charge is 0.438 e. The van der Waals surface area contributed by atoms with Crippen molar-refractivity contribution in [1.82, 2.24) is 38.5 Å². The number of imidazole rings is 1. The highest BCUT2D eigenvalue weighted by atomic mass is 32.2. The van der Waals surface area contributed by atoms with Gasteiger partial charge in [-0.15, -0.1) is 0 Å². The lowest BCUT2D eigenvalue weighted by Gasteiger charge is -2.34. The van der Waals surface area contributed by atoms with Crippen LogP contribution in [0.15, 0.2) is 86.0 Å². The molecule has 0 bridgehead atoms. The van der Waals surface area contributed by atoms with Gasteiger partial charge in [0, 0.05) is 60.8 Å². The van der Waals surface area contributed by atoms with E-state index in [0.717, 1.165) is 29.3 Å². The second kappa shape index (κ2) is 14.1. The highest BCUT2D eigenvalue weighted by Crippen LogP contribution is 2.56. The topological polar surface area (TPSA) is 179 Å². The number of hydrogen-bond acceptors (Lipinski definition) is 9. The van der Waals surface area contributed by atoms with Crippen molar-refractivity contribution in [2.45, 2.75) is 82.2 Å². The fraction of sp³-hybridized carbons (Fsp3) is 0.370. The van der Waals surface area contributed by atoms with Gasteiger partial charge in [-0.25, -0.2) is 27.6 Å². The highest BCUT2D eigenvalue weighted by molar-refractivity contribution is 7.92. The zero-order valence-corrected chi connectivity index (χ0v) is 36.1. The number of nitrogens with zero attached hydrogens (tertiary/aromatic N) is 7. The van der Waals surface area contributed by atoms with E-state index in [1.54, 1.807) is 55.2 Å². The maximum Gasteiger partial charge on any atom is 0.438 e. The Hall–Kier alpha value is -6.33. The molecule has 15 nitrogen and oxygen atoms in total. The molecule has 17 heteroatoms. The number of benzene rings is 3. The van der Waals surface area contributed by atoms with Gasteiger partial charge in [-0.1, -0.05) is 18.1 Å². The maximum absolute atomic E-state index is 15.5. The number of H-pyrrole nitrogens is 1. The number of carbonyl (C=O) groups is 1. The van der Waals surface area contributed by atoms with Crippen LogP contribution in [-0.2, 0) is 32.8 Å². The number of hydrogen-bond donors (Lipinski definition) is 2. The Kier molecular flexibility index (Phi) is 8.84. The molecule has 4 atom stereocenters. The van der Waals surface area contributed by atoms with Crippen LogP contribution in [0.5, 0.6) is 0 Å². The van der Waals surface area contributed by atoms with E-state index in [-0.39, 0.29) is 23.4 Å². The summed E-state index contributed by atoms with van der Waals surface area (Å²) < 4.78 is 53.6. The molecule has 7 aromatic rings. The van der Waals surface area contributed by atoms with Crippen LogP contribution >= 0.6 is 0 Å². The Morgan fingerprint density at radius 3 is 2.43 bits per heavy atom. The number of fused-ring (bicyclic) bond motifs is 3. The molecule has 1 aliphatic carbocycles. The molecule has 4 aromatic heterocycles. The Bertz CT molecular complexity index is 3270. The van der Waals surface area contributed by atoms with Crippen molar-refractivity contribution >= 4 is 26.5 Å². The molecule has 1 amide bonds. The first-order valence-electron chi connectivity index (χ1n) is 21.5. The molecular weight excluding hydrogens is 826 g/mol. The second-order valence-corrected chi connectivity index (χ2v) is 19.9. The minimum absolute atomic E-state index is 0.0195. The number of aromatic nitrogens is 7. The molecule has 324 valence electrons. The number of halogens is 1. The fourth-order valence-electron chi connectivity index (χ4n) is 10.5. The predicted molar refractivity (Wildman–Crippen MR) is 231 cm³/mol. The van der Waals surface area contributed by atoms with E-state index >= 15 is 9.18 Å². The number of rotatable bonds is 7. The molecular formula is C46H46FN9O6S. The SMILES string of the molecule is Cc1cc(-n2nc3c(c2-n2ccn(-c4ccc5c(c4)CC[S@@]5(=N)=O)c2=O)[C@H](C)N(C(=O)c2cc4cc(C5CCOCC5)ccc4n2[C@@]2(c4noc(=O)[nH]4)C[C@@H]2C)CC3)cc(C)c1F. The summed E-state index contributed by atoms with van der Waals surface area (Å²) in [6.07, 6.45) is 6.64. The van der Waals surface area contributed by atoms with Crippen LogP contribution in [0, 0.1) is 30.4 Å². The molecule has 0 radical (unpaired) electrons. The summed E-state index contributed by atoms with van der Waals surface area (Å²) in [6, 6.07) is 16.3. The van der Waals surface area contributed by atoms with Crippen molar-refractivity contribution < 1.29 is 22.7 Å².